The molecule has 1 amide bonds. The minimum absolute atomic E-state index is 0.302. The van der Waals surface area contributed by atoms with Gasteiger partial charge in [-0.25, -0.2) is 15.8 Å². The molecule has 0 saturated heterocycles. The average molecular weight is 275 g/mol. The van der Waals surface area contributed by atoms with Gasteiger partial charge in [0.05, 0.1) is 5.69 Å². The number of nitrogen functional groups attached to an aromatic ring is 2. The van der Waals surface area contributed by atoms with Crippen LogP contribution in [0.1, 0.15) is 16.2 Å². The number of anilines is 1. The lowest BCUT2D eigenvalue weighted by Gasteiger charge is -2.04. The topological polar surface area (TPSA) is 107 Å². The van der Waals surface area contributed by atoms with E-state index in [0.29, 0.717) is 17.3 Å². The predicted molar refractivity (Wildman–Crippen MR) is 74.1 cm³/mol. The maximum absolute atomic E-state index is 11.3. The Morgan fingerprint density at radius 3 is 2.84 bits per heavy atom. The van der Waals surface area contributed by atoms with Crippen molar-refractivity contribution in [3.8, 4) is 0 Å². The van der Waals surface area contributed by atoms with Crippen LogP contribution in [0, 0.1) is 0 Å². The number of carbonyl (C=O) groups is 1. The van der Waals surface area contributed by atoms with Crippen LogP contribution in [0.2, 0.25) is 0 Å². The Kier molecular flexibility index (Phi) is 4.32. The first-order valence-corrected chi connectivity index (χ1v) is 6.49. The predicted octanol–water partition coefficient (Wildman–Crippen LogP) is 0.955. The van der Waals surface area contributed by atoms with E-state index >= 15 is 0 Å². The van der Waals surface area contributed by atoms with Crippen LogP contribution in [0.15, 0.2) is 41.4 Å². The van der Waals surface area contributed by atoms with Gasteiger partial charge in [-0.05, 0) is 24.3 Å². The molecular formula is C12H13N5OS. The molecule has 0 bridgehead atoms. The second-order valence-electron chi connectivity index (χ2n) is 3.70. The summed E-state index contributed by atoms with van der Waals surface area (Å²) in [5.74, 6) is 5.79. The summed E-state index contributed by atoms with van der Waals surface area (Å²) in [5, 5.41) is 0. The monoisotopic (exact) mass is 275 g/mol. The third-order valence-corrected chi connectivity index (χ3v) is 3.33. The molecule has 98 valence electrons. The third-order valence-electron chi connectivity index (χ3n) is 2.32. The smallest absolute Gasteiger partial charge is 0.283 e. The molecule has 19 heavy (non-hydrogen) atoms. The minimum Gasteiger partial charge on any atom is -0.384 e. The normalized spacial score (nSPS) is 10.2. The number of thioether (sulfide) groups is 1. The van der Waals surface area contributed by atoms with Gasteiger partial charge in [0, 0.05) is 16.8 Å². The van der Waals surface area contributed by atoms with Gasteiger partial charge in [-0.15, -0.1) is 11.8 Å². The minimum atomic E-state index is -0.402. The van der Waals surface area contributed by atoms with Gasteiger partial charge in [0.15, 0.2) is 0 Å². The van der Waals surface area contributed by atoms with E-state index in [0.717, 1.165) is 10.6 Å². The van der Waals surface area contributed by atoms with Crippen LogP contribution in [0.25, 0.3) is 0 Å². The highest BCUT2D eigenvalue weighted by Gasteiger charge is 2.06. The highest BCUT2D eigenvalue weighted by Crippen LogP contribution is 2.21. The van der Waals surface area contributed by atoms with Gasteiger partial charge < -0.3 is 5.73 Å². The molecule has 7 heteroatoms. The summed E-state index contributed by atoms with van der Waals surface area (Å²) in [6.07, 6.45) is 1.70. The molecule has 0 aromatic carbocycles. The van der Waals surface area contributed by atoms with E-state index in [-0.39, 0.29) is 0 Å². The number of nitrogens with zero attached hydrogens (tertiary/aromatic N) is 2. The van der Waals surface area contributed by atoms with E-state index in [1.807, 2.05) is 12.1 Å². The van der Waals surface area contributed by atoms with E-state index in [1.54, 1.807) is 36.2 Å². The zero-order valence-electron chi connectivity index (χ0n) is 10.0. The molecule has 0 aliphatic heterocycles. The van der Waals surface area contributed by atoms with E-state index < -0.39 is 5.91 Å². The van der Waals surface area contributed by atoms with Crippen molar-refractivity contribution in [3.63, 3.8) is 0 Å². The second-order valence-corrected chi connectivity index (χ2v) is 4.74. The molecule has 0 saturated carbocycles. The van der Waals surface area contributed by atoms with Crippen molar-refractivity contribution in [2.24, 2.45) is 5.84 Å². The van der Waals surface area contributed by atoms with Crippen LogP contribution in [-0.4, -0.2) is 15.9 Å². The molecule has 0 aliphatic carbocycles. The maximum Gasteiger partial charge on any atom is 0.283 e. The second kappa shape index (κ2) is 6.17. The Morgan fingerprint density at radius 1 is 1.32 bits per heavy atom. The van der Waals surface area contributed by atoms with E-state index in [2.05, 4.69) is 15.4 Å². The average Bonchev–Trinajstić information content (AvgIpc) is 2.46. The number of carbonyl (C=O) groups excluding carboxylic acids is 1. The summed E-state index contributed by atoms with van der Waals surface area (Å²) in [5.41, 5.74) is 8.67. The molecular weight excluding hydrogens is 262 g/mol. The van der Waals surface area contributed by atoms with Crippen LogP contribution >= 0.6 is 11.8 Å². The van der Waals surface area contributed by atoms with Crippen molar-refractivity contribution in [2.75, 3.05) is 5.73 Å². The molecule has 2 aromatic rings. The highest BCUT2D eigenvalue weighted by molar-refractivity contribution is 7.98. The first kappa shape index (κ1) is 13.3. The Labute approximate surface area is 114 Å². The zero-order valence-corrected chi connectivity index (χ0v) is 10.9. The van der Waals surface area contributed by atoms with Crippen molar-refractivity contribution >= 4 is 23.5 Å². The molecule has 0 unspecified atom stereocenters. The third kappa shape index (κ3) is 3.67. The number of hydrogen-bond donors (Lipinski definition) is 3. The summed E-state index contributed by atoms with van der Waals surface area (Å²) in [4.78, 5) is 20.6. The summed E-state index contributed by atoms with van der Waals surface area (Å²) in [6.45, 7) is 0. The maximum atomic E-state index is 11.3. The Bertz CT molecular complexity index is 573. The number of aromatic nitrogens is 2. The fourth-order valence-corrected chi connectivity index (χ4v) is 2.16. The lowest BCUT2D eigenvalue weighted by molar-refractivity contribution is 0.0948. The van der Waals surface area contributed by atoms with E-state index in [4.69, 9.17) is 11.6 Å². The number of hydrogen-bond acceptors (Lipinski definition) is 6. The number of nitrogens with two attached hydrogens (primary N) is 2. The van der Waals surface area contributed by atoms with E-state index in [1.165, 1.54) is 0 Å². The Hall–Kier alpha value is -2.12. The number of hydrazine groups is 1. The lowest BCUT2D eigenvalue weighted by Crippen LogP contribution is -2.30. The molecule has 0 aliphatic rings. The first-order chi connectivity index (χ1) is 9.19. The van der Waals surface area contributed by atoms with Crippen LogP contribution in [0.3, 0.4) is 0 Å². The first-order valence-electron chi connectivity index (χ1n) is 5.50. The summed E-state index contributed by atoms with van der Waals surface area (Å²) in [6, 6.07) is 8.87. The van der Waals surface area contributed by atoms with Crippen molar-refractivity contribution in [3.05, 3.63) is 47.9 Å². The van der Waals surface area contributed by atoms with Gasteiger partial charge in [-0.2, -0.15) is 0 Å². The molecule has 2 aromatic heterocycles. The molecule has 2 heterocycles. The summed E-state index contributed by atoms with van der Waals surface area (Å²) >= 11 is 1.57. The van der Waals surface area contributed by atoms with Gasteiger partial charge >= 0.3 is 0 Å². The fraction of sp³-hybridized carbons (Fsp3) is 0.0833. The van der Waals surface area contributed by atoms with Crippen LogP contribution in [0.5, 0.6) is 0 Å². The summed E-state index contributed by atoms with van der Waals surface area (Å²) in [7, 11) is 0. The van der Waals surface area contributed by atoms with Crippen LogP contribution in [0.4, 0.5) is 5.82 Å². The number of amides is 1. The Morgan fingerprint density at radius 2 is 2.16 bits per heavy atom. The molecule has 0 fully saturated rings. The molecule has 2 rings (SSSR count). The van der Waals surface area contributed by atoms with Crippen LogP contribution in [-0.2, 0) is 5.75 Å². The SMILES string of the molecule is NNC(=O)c1cccc(CSc2ccc(N)nc2)n1. The van der Waals surface area contributed by atoms with Gasteiger partial charge in [-0.3, -0.25) is 10.2 Å². The van der Waals surface area contributed by atoms with Gasteiger partial charge in [0.2, 0.25) is 0 Å². The van der Waals surface area contributed by atoms with Crippen molar-refractivity contribution < 1.29 is 4.79 Å². The van der Waals surface area contributed by atoms with Crippen LogP contribution < -0.4 is 17.0 Å². The van der Waals surface area contributed by atoms with Gasteiger partial charge in [0.1, 0.15) is 11.5 Å². The highest BCUT2D eigenvalue weighted by atomic mass is 32.2. The number of rotatable bonds is 4. The van der Waals surface area contributed by atoms with Crippen molar-refractivity contribution in [1.29, 1.82) is 0 Å². The molecule has 0 radical (unpaired) electrons. The molecule has 5 N–H and O–H groups in total. The lowest BCUT2D eigenvalue weighted by atomic mass is 10.3. The van der Waals surface area contributed by atoms with E-state index in [9.17, 15) is 4.79 Å². The Balaban J connectivity index is 2.03. The fourth-order valence-electron chi connectivity index (χ4n) is 1.39. The standard InChI is InChI=1S/C12H13N5OS/c13-11-5-4-9(6-15-11)19-7-8-2-1-3-10(16-8)12(18)17-14/h1-6H,7,14H2,(H2,13,15)(H,17,18). The van der Waals surface area contributed by atoms with Gasteiger partial charge in [-0.1, -0.05) is 6.07 Å². The van der Waals surface area contributed by atoms with Gasteiger partial charge in [0.25, 0.3) is 5.91 Å². The molecule has 0 atom stereocenters. The van der Waals surface area contributed by atoms with Crippen molar-refractivity contribution in [1.82, 2.24) is 15.4 Å². The zero-order chi connectivity index (χ0) is 13.7. The number of pyridine rings is 2. The quantitative estimate of drug-likeness (QED) is 0.332. The largest absolute Gasteiger partial charge is 0.384 e. The van der Waals surface area contributed by atoms with Crippen molar-refractivity contribution in [2.45, 2.75) is 10.6 Å². The summed E-state index contributed by atoms with van der Waals surface area (Å²) < 4.78 is 0. The molecule has 0 spiro atoms. The molecule has 6 nitrogen and oxygen atoms in total. The number of nitrogens with one attached hydrogen (secondary N) is 1.